The second-order valence-corrected chi connectivity index (χ2v) is 5.78. The smallest absolute Gasteiger partial charge is 0.173 e. The Morgan fingerprint density at radius 1 is 1.33 bits per heavy atom. The molecule has 112 valence electrons. The molecule has 0 radical (unpaired) electrons. The van der Waals surface area contributed by atoms with Gasteiger partial charge in [0.15, 0.2) is 5.11 Å². The zero-order valence-electron chi connectivity index (χ0n) is 11.8. The van der Waals surface area contributed by atoms with Crippen molar-refractivity contribution in [2.75, 3.05) is 12.4 Å². The quantitative estimate of drug-likeness (QED) is 0.850. The Morgan fingerprint density at radius 2 is 2.10 bits per heavy atom. The van der Waals surface area contributed by atoms with Crippen LogP contribution in [0.15, 0.2) is 30.5 Å². The van der Waals surface area contributed by atoms with E-state index in [0.29, 0.717) is 21.7 Å². The Kier molecular flexibility index (Phi) is 5.45. The van der Waals surface area contributed by atoms with Crippen LogP contribution in [-0.2, 0) is 13.1 Å². The van der Waals surface area contributed by atoms with Crippen molar-refractivity contribution >= 4 is 46.2 Å². The fraction of sp³-hybridized carbons (Fsp3) is 0.286. The molecule has 0 saturated carbocycles. The van der Waals surface area contributed by atoms with Gasteiger partial charge >= 0.3 is 0 Å². The van der Waals surface area contributed by atoms with Crippen LogP contribution in [0.1, 0.15) is 12.6 Å². The molecule has 0 saturated heterocycles. The van der Waals surface area contributed by atoms with Crippen LogP contribution >= 0.6 is 35.4 Å². The van der Waals surface area contributed by atoms with E-state index in [-0.39, 0.29) is 0 Å². The second-order valence-electron chi connectivity index (χ2n) is 4.58. The van der Waals surface area contributed by atoms with Gasteiger partial charge in [-0.05, 0) is 43.4 Å². The summed E-state index contributed by atoms with van der Waals surface area (Å²) in [4.78, 5) is 1.92. The van der Waals surface area contributed by atoms with Crippen molar-refractivity contribution in [1.82, 2.24) is 14.7 Å². The molecule has 0 aliphatic carbocycles. The lowest BCUT2D eigenvalue weighted by molar-refractivity contribution is 0.492. The molecule has 2 aromatic rings. The van der Waals surface area contributed by atoms with E-state index in [1.807, 2.05) is 35.0 Å². The Morgan fingerprint density at radius 3 is 2.71 bits per heavy atom. The second kappa shape index (κ2) is 7.11. The van der Waals surface area contributed by atoms with Gasteiger partial charge in [-0.2, -0.15) is 5.10 Å². The van der Waals surface area contributed by atoms with Gasteiger partial charge in [0, 0.05) is 25.5 Å². The number of aromatic nitrogens is 2. The van der Waals surface area contributed by atoms with Gasteiger partial charge in [-0.15, -0.1) is 0 Å². The van der Waals surface area contributed by atoms with E-state index < -0.39 is 0 Å². The first kappa shape index (κ1) is 16.1. The number of nitrogens with one attached hydrogen (secondary N) is 1. The number of thiocarbonyl (C=S) groups is 1. The third-order valence-corrected chi connectivity index (χ3v) is 4.09. The zero-order valence-corrected chi connectivity index (χ0v) is 14.1. The summed E-state index contributed by atoms with van der Waals surface area (Å²) in [5.41, 5.74) is 1.78. The summed E-state index contributed by atoms with van der Waals surface area (Å²) in [5, 5.41) is 9.17. The van der Waals surface area contributed by atoms with Crippen LogP contribution in [0.3, 0.4) is 0 Å². The molecule has 2 rings (SSSR count). The fourth-order valence-corrected chi connectivity index (χ4v) is 2.25. The molecular formula is C14H16Cl2N4S. The predicted octanol–water partition coefficient (Wildman–Crippen LogP) is 4.04. The molecule has 0 spiro atoms. The normalized spacial score (nSPS) is 10.5. The van der Waals surface area contributed by atoms with Gasteiger partial charge in [-0.1, -0.05) is 23.2 Å². The molecule has 1 N–H and O–H groups in total. The van der Waals surface area contributed by atoms with Gasteiger partial charge in [-0.25, -0.2) is 0 Å². The molecule has 0 aliphatic rings. The zero-order chi connectivity index (χ0) is 15.4. The molecule has 0 unspecified atom stereocenters. The maximum Gasteiger partial charge on any atom is 0.173 e. The Balaban J connectivity index is 1.97. The number of anilines is 1. The fourth-order valence-electron chi connectivity index (χ4n) is 1.77. The Hall–Kier alpha value is -1.30. The first-order valence-electron chi connectivity index (χ1n) is 6.49. The van der Waals surface area contributed by atoms with Gasteiger partial charge in [0.2, 0.25) is 0 Å². The van der Waals surface area contributed by atoms with Crippen LogP contribution in [0.25, 0.3) is 0 Å². The van der Waals surface area contributed by atoms with Gasteiger partial charge < -0.3 is 10.2 Å². The molecule has 0 atom stereocenters. The van der Waals surface area contributed by atoms with Crippen LogP contribution < -0.4 is 5.32 Å². The van der Waals surface area contributed by atoms with E-state index in [1.54, 1.807) is 12.1 Å². The highest BCUT2D eigenvalue weighted by Crippen LogP contribution is 2.25. The number of benzene rings is 1. The molecule has 0 aliphatic heterocycles. The Bertz CT molecular complexity index is 642. The van der Waals surface area contributed by atoms with Gasteiger partial charge in [0.25, 0.3) is 0 Å². The van der Waals surface area contributed by atoms with E-state index in [1.165, 1.54) is 0 Å². The molecule has 4 nitrogen and oxygen atoms in total. The van der Waals surface area contributed by atoms with E-state index in [9.17, 15) is 0 Å². The SMILES string of the molecule is CCn1ccc(CN(C)C(=S)Nc2ccc(Cl)c(Cl)c2)n1. The minimum Gasteiger partial charge on any atom is -0.346 e. The summed E-state index contributed by atoms with van der Waals surface area (Å²) in [6.07, 6.45) is 1.96. The summed E-state index contributed by atoms with van der Waals surface area (Å²) in [5.74, 6) is 0. The highest BCUT2D eigenvalue weighted by atomic mass is 35.5. The van der Waals surface area contributed by atoms with Crippen molar-refractivity contribution in [2.45, 2.75) is 20.0 Å². The molecule has 1 heterocycles. The third-order valence-electron chi connectivity index (χ3n) is 2.94. The van der Waals surface area contributed by atoms with Crippen LogP contribution in [-0.4, -0.2) is 26.8 Å². The number of aryl methyl sites for hydroxylation is 1. The minimum atomic E-state index is 0.494. The molecule has 0 bridgehead atoms. The number of rotatable bonds is 4. The molecule has 0 fully saturated rings. The largest absolute Gasteiger partial charge is 0.346 e. The van der Waals surface area contributed by atoms with Gasteiger partial charge in [0.05, 0.1) is 22.3 Å². The number of hydrogen-bond acceptors (Lipinski definition) is 2. The molecular weight excluding hydrogens is 327 g/mol. The monoisotopic (exact) mass is 342 g/mol. The summed E-state index contributed by atoms with van der Waals surface area (Å²) < 4.78 is 1.89. The van der Waals surface area contributed by atoms with E-state index in [4.69, 9.17) is 35.4 Å². The molecule has 21 heavy (non-hydrogen) atoms. The molecule has 1 aromatic carbocycles. The summed E-state index contributed by atoms with van der Waals surface area (Å²) in [6, 6.07) is 7.30. The van der Waals surface area contributed by atoms with E-state index in [0.717, 1.165) is 17.9 Å². The lowest BCUT2D eigenvalue weighted by Crippen LogP contribution is -2.30. The summed E-state index contributed by atoms with van der Waals surface area (Å²) in [6.45, 7) is 3.55. The number of hydrogen-bond donors (Lipinski definition) is 1. The van der Waals surface area contributed by atoms with Crippen molar-refractivity contribution in [1.29, 1.82) is 0 Å². The average molecular weight is 343 g/mol. The average Bonchev–Trinajstić information content (AvgIpc) is 2.90. The number of nitrogens with zero attached hydrogens (tertiary/aromatic N) is 3. The van der Waals surface area contributed by atoms with Crippen molar-refractivity contribution in [3.8, 4) is 0 Å². The molecule has 0 amide bonds. The lowest BCUT2D eigenvalue weighted by Gasteiger charge is -2.20. The lowest BCUT2D eigenvalue weighted by atomic mass is 10.3. The third kappa shape index (κ3) is 4.33. The standard InChI is InChI=1S/C14H16Cl2N4S/c1-3-20-7-6-11(18-20)9-19(2)14(21)17-10-4-5-12(15)13(16)8-10/h4-8H,3,9H2,1-2H3,(H,17,21). The highest BCUT2D eigenvalue weighted by molar-refractivity contribution is 7.80. The number of halogens is 2. The Labute approximate surface area is 139 Å². The maximum atomic E-state index is 5.98. The van der Waals surface area contributed by atoms with Gasteiger partial charge in [0.1, 0.15) is 0 Å². The minimum absolute atomic E-state index is 0.494. The first-order valence-corrected chi connectivity index (χ1v) is 7.65. The maximum absolute atomic E-state index is 5.98. The van der Waals surface area contributed by atoms with E-state index >= 15 is 0 Å². The summed E-state index contributed by atoms with van der Waals surface area (Å²) >= 11 is 17.2. The van der Waals surface area contributed by atoms with Crippen LogP contribution in [0, 0.1) is 0 Å². The molecule has 7 heteroatoms. The van der Waals surface area contributed by atoms with Crippen molar-refractivity contribution in [2.24, 2.45) is 0 Å². The van der Waals surface area contributed by atoms with Crippen LogP contribution in [0.5, 0.6) is 0 Å². The van der Waals surface area contributed by atoms with Crippen molar-refractivity contribution in [3.05, 3.63) is 46.2 Å². The molecule has 1 aromatic heterocycles. The van der Waals surface area contributed by atoms with E-state index in [2.05, 4.69) is 17.3 Å². The van der Waals surface area contributed by atoms with Crippen molar-refractivity contribution < 1.29 is 0 Å². The van der Waals surface area contributed by atoms with Crippen LogP contribution in [0.2, 0.25) is 10.0 Å². The van der Waals surface area contributed by atoms with Crippen molar-refractivity contribution in [3.63, 3.8) is 0 Å². The first-order chi connectivity index (χ1) is 9.99. The topological polar surface area (TPSA) is 33.1 Å². The van der Waals surface area contributed by atoms with Gasteiger partial charge in [-0.3, -0.25) is 4.68 Å². The summed E-state index contributed by atoms with van der Waals surface area (Å²) in [7, 11) is 1.91. The highest BCUT2D eigenvalue weighted by Gasteiger charge is 2.08. The predicted molar refractivity (Wildman–Crippen MR) is 92.1 cm³/mol. The van der Waals surface area contributed by atoms with Crippen LogP contribution in [0.4, 0.5) is 5.69 Å².